The van der Waals surface area contributed by atoms with Gasteiger partial charge in [-0.2, -0.15) is 0 Å². The summed E-state index contributed by atoms with van der Waals surface area (Å²) in [5.41, 5.74) is 1.80. The van der Waals surface area contributed by atoms with Gasteiger partial charge in [-0.15, -0.1) is 0 Å². The minimum Gasteiger partial charge on any atom is -0.490 e. The van der Waals surface area contributed by atoms with Crippen LogP contribution in [0.4, 0.5) is 5.82 Å². The molecule has 4 nitrogen and oxygen atoms in total. The first-order valence-corrected chi connectivity index (χ1v) is 13.5. The van der Waals surface area contributed by atoms with Crippen molar-refractivity contribution in [1.82, 2.24) is 9.88 Å². The monoisotopic (exact) mass is 471 g/mol. The molecule has 2 fully saturated rings. The van der Waals surface area contributed by atoms with Gasteiger partial charge in [0.25, 0.3) is 0 Å². The Labute approximate surface area is 211 Å². The molecule has 0 atom stereocenters. The van der Waals surface area contributed by atoms with Gasteiger partial charge >= 0.3 is 0 Å². The summed E-state index contributed by atoms with van der Waals surface area (Å²) < 4.78 is 6.42. The maximum Gasteiger partial charge on any atom is 0.128 e. The summed E-state index contributed by atoms with van der Waals surface area (Å²) in [5.74, 6) is 2.94. The molecule has 1 aliphatic carbocycles. The van der Waals surface area contributed by atoms with Crippen LogP contribution in [0.2, 0.25) is 0 Å². The van der Waals surface area contributed by atoms with Crippen LogP contribution < -0.4 is 9.64 Å². The van der Waals surface area contributed by atoms with Crippen molar-refractivity contribution in [3.05, 3.63) is 66.4 Å². The zero-order valence-electron chi connectivity index (χ0n) is 21.7. The highest BCUT2D eigenvalue weighted by Gasteiger charge is 2.30. The lowest BCUT2D eigenvalue weighted by molar-refractivity contribution is 0.0883. The van der Waals surface area contributed by atoms with E-state index in [1.54, 1.807) is 0 Å². The highest BCUT2D eigenvalue weighted by molar-refractivity contribution is 5.84. The molecule has 2 heterocycles. The average Bonchev–Trinajstić information content (AvgIpc) is 3.10. The first-order valence-electron chi connectivity index (χ1n) is 13.5. The molecule has 3 aromatic rings. The molecule has 1 aromatic heterocycles. The minimum atomic E-state index is 0.360. The summed E-state index contributed by atoms with van der Waals surface area (Å²) in [5, 5.41) is 2.57. The summed E-state index contributed by atoms with van der Waals surface area (Å²) in [4.78, 5) is 9.53. The van der Waals surface area contributed by atoms with Crippen LogP contribution in [0, 0.1) is 11.3 Å². The summed E-state index contributed by atoms with van der Waals surface area (Å²) in [7, 11) is 0. The molecule has 35 heavy (non-hydrogen) atoms. The van der Waals surface area contributed by atoms with Gasteiger partial charge in [-0.05, 0) is 90.1 Å². The lowest BCUT2D eigenvalue weighted by Crippen LogP contribution is -2.30. The van der Waals surface area contributed by atoms with Crippen LogP contribution in [0.1, 0.15) is 58.4 Å². The number of aromatic nitrogens is 1. The SMILES string of the molecule is CC(C)(C)[C@H]1CC[C@H](Oc2ccc3cc(CN4CCCN(c5ccccn5)CC4)ccc3c2)CC1. The second-order valence-corrected chi connectivity index (χ2v) is 11.6. The second-order valence-electron chi connectivity index (χ2n) is 11.6. The lowest BCUT2D eigenvalue weighted by atomic mass is 9.72. The molecule has 1 saturated carbocycles. The van der Waals surface area contributed by atoms with Crippen LogP contribution in [0.25, 0.3) is 10.8 Å². The highest BCUT2D eigenvalue weighted by atomic mass is 16.5. The predicted molar refractivity (Wildman–Crippen MR) is 146 cm³/mol. The maximum atomic E-state index is 6.42. The third-order valence-electron chi connectivity index (χ3n) is 8.05. The fourth-order valence-corrected chi connectivity index (χ4v) is 5.84. The van der Waals surface area contributed by atoms with Crippen molar-refractivity contribution in [2.75, 3.05) is 31.1 Å². The number of benzene rings is 2. The van der Waals surface area contributed by atoms with Gasteiger partial charge in [0.15, 0.2) is 0 Å². The van der Waals surface area contributed by atoms with Crippen molar-refractivity contribution in [1.29, 1.82) is 0 Å². The number of hydrogen-bond donors (Lipinski definition) is 0. The van der Waals surface area contributed by atoms with Crippen LogP contribution in [0.15, 0.2) is 60.8 Å². The third-order valence-corrected chi connectivity index (χ3v) is 8.05. The van der Waals surface area contributed by atoms with Gasteiger partial charge in [0.05, 0.1) is 6.10 Å². The number of rotatable bonds is 5. The Morgan fingerprint density at radius 3 is 2.43 bits per heavy atom. The Morgan fingerprint density at radius 1 is 0.857 bits per heavy atom. The Morgan fingerprint density at radius 2 is 1.66 bits per heavy atom. The molecule has 1 saturated heterocycles. The standard InChI is InChI=1S/C31H41N3O/c1-31(2,3)27-11-14-28(15-12-27)35-29-13-10-25-21-24(8-9-26(25)22-29)23-33-17-6-18-34(20-19-33)30-7-4-5-16-32-30/h4-5,7-10,13,16,21-22,27-28H,6,11-12,14-15,17-20,23H2,1-3H3/t27-,28-. The van der Waals surface area contributed by atoms with Crippen molar-refractivity contribution in [3.8, 4) is 5.75 Å². The molecule has 5 rings (SSSR count). The Bertz CT molecular complexity index is 1100. The van der Waals surface area contributed by atoms with E-state index in [4.69, 9.17) is 4.74 Å². The molecular weight excluding hydrogens is 430 g/mol. The quantitative estimate of drug-likeness (QED) is 0.403. The first-order chi connectivity index (χ1) is 16.9. The average molecular weight is 472 g/mol. The molecule has 186 valence electrons. The molecule has 2 aliphatic rings. The van der Waals surface area contributed by atoms with Crippen molar-refractivity contribution in [2.45, 2.75) is 65.5 Å². The summed E-state index contributed by atoms with van der Waals surface area (Å²) in [6, 6.07) is 19.7. The van der Waals surface area contributed by atoms with Crippen LogP contribution in [0.3, 0.4) is 0 Å². The number of hydrogen-bond acceptors (Lipinski definition) is 4. The number of ether oxygens (including phenoxy) is 1. The van der Waals surface area contributed by atoms with E-state index in [1.807, 2.05) is 12.3 Å². The molecule has 0 radical (unpaired) electrons. The van der Waals surface area contributed by atoms with Gasteiger partial charge in [-0.25, -0.2) is 4.98 Å². The van der Waals surface area contributed by atoms with Crippen LogP contribution in [0.5, 0.6) is 5.75 Å². The van der Waals surface area contributed by atoms with Gasteiger partial charge in [0.1, 0.15) is 11.6 Å². The smallest absolute Gasteiger partial charge is 0.128 e. The van der Waals surface area contributed by atoms with E-state index in [0.29, 0.717) is 11.5 Å². The van der Waals surface area contributed by atoms with Crippen molar-refractivity contribution in [3.63, 3.8) is 0 Å². The number of pyridine rings is 1. The Balaban J connectivity index is 1.17. The summed E-state index contributed by atoms with van der Waals surface area (Å²) in [6.07, 6.45) is 8.32. The molecule has 2 aromatic carbocycles. The van der Waals surface area contributed by atoms with Gasteiger partial charge < -0.3 is 9.64 Å². The van der Waals surface area contributed by atoms with E-state index in [9.17, 15) is 0 Å². The fourth-order valence-electron chi connectivity index (χ4n) is 5.84. The maximum absolute atomic E-state index is 6.42. The molecule has 4 heteroatoms. The molecular formula is C31H41N3O. The summed E-state index contributed by atoms with van der Waals surface area (Å²) >= 11 is 0. The van der Waals surface area contributed by atoms with Crippen LogP contribution >= 0.6 is 0 Å². The van der Waals surface area contributed by atoms with Gasteiger partial charge in [0.2, 0.25) is 0 Å². The number of anilines is 1. The van der Waals surface area contributed by atoms with Gasteiger partial charge in [-0.1, -0.05) is 45.0 Å². The zero-order chi connectivity index (χ0) is 24.3. The van der Waals surface area contributed by atoms with Crippen molar-refractivity contribution < 1.29 is 4.74 Å². The second kappa shape index (κ2) is 10.6. The van der Waals surface area contributed by atoms with E-state index in [2.05, 4.69) is 84.1 Å². The van der Waals surface area contributed by atoms with E-state index in [0.717, 1.165) is 50.2 Å². The summed E-state index contributed by atoms with van der Waals surface area (Å²) in [6.45, 7) is 12.4. The van der Waals surface area contributed by atoms with Crippen LogP contribution in [-0.4, -0.2) is 42.2 Å². The highest BCUT2D eigenvalue weighted by Crippen LogP contribution is 2.39. The first kappa shape index (κ1) is 24.1. The predicted octanol–water partition coefficient (Wildman–Crippen LogP) is 6.93. The lowest BCUT2D eigenvalue weighted by Gasteiger charge is -2.37. The van der Waals surface area contributed by atoms with E-state index >= 15 is 0 Å². The number of fused-ring (bicyclic) bond motifs is 1. The molecule has 0 bridgehead atoms. The van der Waals surface area contributed by atoms with Gasteiger partial charge in [0, 0.05) is 38.9 Å². The minimum absolute atomic E-state index is 0.360. The largest absolute Gasteiger partial charge is 0.490 e. The molecule has 0 spiro atoms. The topological polar surface area (TPSA) is 28.6 Å². The van der Waals surface area contributed by atoms with Crippen molar-refractivity contribution >= 4 is 16.6 Å². The molecule has 1 aliphatic heterocycles. The van der Waals surface area contributed by atoms with E-state index in [-0.39, 0.29) is 0 Å². The van der Waals surface area contributed by atoms with Gasteiger partial charge in [-0.3, -0.25) is 4.90 Å². The van der Waals surface area contributed by atoms with Crippen molar-refractivity contribution in [2.24, 2.45) is 11.3 Å². The zero-order valence-corrected chi connectivity index (χ0v) is 21.7. The normalized spacial score (nSPS) is 22.2. The molecule has 0 amide bonds. The third kappa shape index (κ3) is 6.16. The Hall–Kier alpha value is -2.59. The van der Waals surface area contributed by atoms with E-state index in [1.165, 1.54) is 48.4 Å². The fraction of sp³-hybridized carbons (Fsp3) is 0.516. The number of nitrogens with zero attached hydrogens (tertiary/aromatic N) is 3. The van der Waals surface area contributed by atoms with Crippen LogP contribution in [-0.2, 0) is 6.54 Å². The molecule has 0 unspecified atom stereocenters. The van der Waals surface area contributed by atoms with E-state index < -0.39 is 0 Å². The molecule has 0 N–H and O–H groups in total. The Kier molecular flexibility index (Phi) is 7.29.